The molecule has 0 bridgehead atoms. The molecule has 3 aromatic rings. The Kier molecular flexibility index (Phi) is 2.56. The number of nitrogens with zero attached hydrogens (tertiary/aromatic N) is 5. The first kappa shape index (κ1) is 12.3. The van der Waals surface area contributed by atoms with Gasteiger partial charge in [0.25, 0.3) is 0 Å². The average molecular weight is 271 g/mol. The normalized spacial score (nSPS) is 11.2. The number of hydrogen-bond acceptors (Lipinski definition) is 5. The van der Waals surface area contributed by atoms with Crippen molar-refractivity contribution in [2.75, 3.05) is 0 Å². The number of aryl methyl sites for hydroxylation is 3. The summed E-state index contributed by atoms with van der Waals surface area (Å²) in [5.74, 6) is 0.318. The van der Waals surface area contributed by atoms with Crippen molar-refractivity contribution in [1.29, 1.82) is 0 Å². The monoisotopic (exact) mass is 271 g/mol. The van der Waals surface area contributed by atoms with Gasteiger partial charge in [0.1, 0.15) is 11.8 Å². The van der Waals surface area contributed by atoms with Crippen molar-refractivity contribution in [1.82, 2.24) is 24.5 Å². The number of benzene rings is 1. The van der Waals surface area contributed by atoms with Crippen molar-refractivity contribution < 1.29 is 5.21 Å². The van der Waals surface area contributed by atoms with Gasteiger partial charge in [-0.1, -0.05) is 0 Å². The molecule has 0 unspecified atom stereocenters. The molecule has 3 rings (SSSR count). The minimum Gasteiger partial charge on any atom is -0.425 e. The molecule has 2 heterocycles. The summed E-state index contributed by atoms with van der Waals surface area (Å²) < 4.78 is 2.19. The van der Waals surface area contributed by atoms with Gasteiger partial charge in [0.05, 0.1) is 5.52 Å². The zero-order chi connectivity index (χ0) is 14.4. The van der Waals surface area contributed by atoms with E-state index in [1.54, 1.807) is 17.7 Å². The maximum Gasteiger partial charge on any atom is 0.313 e. The van der Waals surface area contributed by atoms with Crippen LogP contribution in [0.25, 0.3) is 22.6 Å². The SMILES string of the molecule is Cc1cc2nc(-c3nncn3C)c(=O)n(O)c2cc1C. The van der Waals surface area contributed by atoms with E-state index in [-0.39, 0.29) is 5.69 Å². The summed E-state index contributed by atoms with van der Waals surface area (Å²) in [5, 5.41) is 17.6. The molecule has 0 saturated carbocycles. The Morgan fingerprint density at radius 3 is 2.55 bits per heavy atom. The average Bonchev–Trinajstić information content (AvgIpc) is 2.83. The highest BCUT2D eigenvalue weighted by atomic mass is 16.5. The molecule has 1 aromatic carbocycles. The van der Waals surface area contributed by atoms with E-state index in [0.717, 1.165) is 11.1 Å². The zero-order valence-corrected chi connectivity index (χ0v) is 11.3. The summed E-state index contributed by atoms with van der Waals surface area (Å²) in [4.78, 5) is 16.5. The van der Waals surface area contributed by atoms with Crippen LogP contribution in [0.1, 0.15) is 11.1 Å². The maximum atomic E-state index is 12.2. The molecule has 0 radical (unpaired) electrons. The fourth-order valence-electron chi connectivity index (χ4n) is 2.07. The first-order valence-corrected chi connectivity index (χ1v) is 6.06. The third kappa shape index (κ3) is 1.67. The maximum absolute atomic E-state index is 12.2. The van der Waals surface area contributed by atoms with E-state index < -0.39 is 5.56 Å². The number of rotatable bonds is 1. The fraction of sp³-hybridized carbons (Fsp3) is 0.231. The van der Waals surface area contributed by atoms with Crippen LogP contribution < -0.4 is 5.56 Å². The molecule has 7 nitrogen and oxygen atoms in total. The second-order valence-electron chi connectivity index (χ2n) is 4.77. The fourth-order valence-corrected chi connectivity index (χ4v) is 2.07. The predicted octanol–water partition coefficient (Wildman–Crippen LogP) is 1.05. The Balaban J connectivity index is 2.42. The van der Waals surface area contributed by atoms with Crippen LogP contribution >= 0.6 is 0 Å². The number of hydrogen-bond donors (Lipinski definition) is 1. The molecule has 0 saturated heterocycles. The summed E-state index contributed by atoms with van der Waals surface area (Å²) in [6.45, 7) is 3.86. The van der Waals surface area contributed by atoms with Gasteiger partial charge < -0.3 is 9.77 Å². The second kappa shape index (κ2) is 4.16. The van der Waals surface area contributed by atoms with E-state index in [4.69, 9.17) is 0 Å². The van der Waals surface area contributed by atoms with Gasteiger partial charge in [-0.15, -0.1) is 14.9 Å². The molecule has 0 spiro atoms. The van der Waals surface area contributed by atoms with Gasteiger partial charge in [-0.25, -0.2) is 4.98 Å². The van der Waals surface area contributed by atoms with E-state index in [2.05, 4.69) is 15.2 Å². The first-order chi connectivity index (χ1) is 9.49. The largest absolute Gasteiger partial charge is 0.425 e. The quantitative estimate of drug-likeness (QED) is 0.668. The van der Waals surface area contributed by atoms with Gasteiger partial charge >= 0.3 is 5.56 Å². The molecule has 0 atom stereocenters. The lowest BCUT2D eigenvalue weighted by Gasteiger charge is -2.08. The summed E-state index contributed by atoms with van der Waals surface area (Å²) in [7, 11) is 1.71. The minimum atomic E-state index is -0.614. The van der Waals surface area contributed by atoms with Crippen LogP contribution in [0.2, 0.25) is 0 Å². The van der Waals surface area contributed by atoms with E-state index in [1.165, 1.54) is 6.33 Å². The van der Waals surface area contributed by atoms with Gasteiger partial charge in [-0.2, -0.15) is 0 Å². The first-order valence-electron chi connectivity index (χ1n) is 6.06. The molecule has 20 heavy (non-hydrogen) atoms. The van der Waals surface area contributed by atoms with Gasteiger partial charge in [0.2, 0.25) is 0 Å². The molecule has 1 N–H and O–H groups in total. The Bertz CT molecular complexity index is 878. The van der Waals surface area contributed by atoms with Crippen LogP contribution in [-0.2, 0) is 7.05 Å². The molecule has 7 heteroatoms. The van der Waals surface area contributed by atoms with Crippen LogP contribution in [0, 0.1) is 13.8 Å². The smallest absolute Gasteiger partial charge is 0.313 e. The molecule has 0 aliphatic heterocycles. The Hall–Kier alpha value is -2.70. The lowest BCUT2D eigenvalue weighted by molar-refractivity contribution is 0.188. The van der Waals surface area contributed by atoms with Crippen LogP contribution in [0.4, 0.5) is 0 Å². The summed E-state index contributed by atoms with van der Waals surface area (Å²) in [6.07, 6.45) is 1.47. The molecule has 2 aromatic heterocycles. The second-order valence-corrected chi connectivity index (χ2v) is 4.77. The molecular weight excluding hydrogens is 258 g/mol. The van der Waals surface area contributed by atoms with E-state index in [9.17, 15) is 10.0 Å². The van der Waals surface area contributed by atoms with E-state index in [0.29, 0.717) is 21.6 Å². The molecular formula is C13H13N5O2. The summed E-state index contributed by atoms with van der Waals surface area (Å²) in [5.41, 5.74) is 2.39. The van der Waals surface area contributed by atoms with E-state index >= 15 is 0 Å². The lowest BCUT2D eigenvalue weighted by Crippen LogP contribution is -2.23. The van der Waals surface area contributed by atoms with Crippen molar-refractivity contribution in [3.8, 4) is 11.5 Å². The van der Waals surface area contributed by atoms with Gasteiger partial charge in [0, 0.05) is 7.05 Å². The Labute approximate surface area is 114 Å². The Morgan fingerprint density at radius 2 is 1.90 bits per heavy atom. The van der Waals surface area contributed by atoms with Crippen molar-refractivity contribution in [2.45, 2.75) is 13.8 Å². The van der Waals surface area contributed by atoms with Gasteiger partial charge in [0.15, 0.2) is 11.5 Å². The predicted molar refractivity (Wildman–Crippen MR) is 72.7 cm³/mol. The molecule has 102 valence electrons. The third-order valence-electron chi connectivity index (χ3n) is 3.37. The van der Waals surface area contributed by atoms with Gasteiger partial charge in [-0.3, -0.25) is 4.79 Å². The van der Waals surface area contributed by atoms with Crippen molar-refractivity contribution >= 4 is 11.0 Å². The minimum absolute atomic E-state index is 0.0725. The summed E-state index contributed by atoms with van der Waals surface area (Å²) >= 11 is 0. The molecule has 0 aliphatic rings. The van der Waals surface area contributed by atoms with Crippen LogP contribution in [0.15, 0.2) is 23.3 Å². The van der Waals surface area contributed by atoms with Crippen LogP contribution in [0.3, 0.4) is 0 Å². The van der Waals surface area contributed by atoms with Crippen molar-refractivity contribution in [3.05, 3.63) is 39.9 Å². The number of fused-ring (bicyclic) bond motifs is 1. The van der Waals surface area contributed by atoms with Crippen LogP contribution in [0.5, 0.6) is 0 Å². The highest BCUT2D eigenvalue weighted by Gasteiger charge is 2.16. The third-order valence-corrected chi connectivity index (χ3v) is 3.37. The molecule has 0 amide bonds. The van der Waals surface area contributed by atoms with Crippen molar-refractivity contribution in [2.24, 2.45) is 7.05 Å². The van der Waals surface area contributed by atoms with Crippen LogP contribution in [-0.4, -0.2) is 29.7 Å². The Morgan fingerprint density at radius 1 is 1.20 bits per heavy atom. The topological polar surface area (TPSA) is 85.8 Å². The zero-order valence-electron chi connectivity index (χ0n) is 11.3. The number of aromatic nitrogens is 5. The highest BCUT2D eigenvalue weighted by molar-refractivity contribution is 5.78. The highest BCUT2D eigenvalue weighted by Crippen LogP contribution is 2.18. The standard InChI is InChI=1S/C13H13N5O2/c1-7-4-9-10(5-8(7)2)18(20)13(19)11(15-9)12-16-14-6-17(12)3/h4-6,20H,1-3H3. The summed E-state index contributed by atoms with van der Waals surface area (Å²) in [6, 6.07) is 3.57. The van der Waals surface area contributed by atoms with Crippen molar-refractivity contribution in [3.63, 3.8) is 0 Å². The van der Waals surface area contributed by atoms with Gasteiger partial charge in [-0.05, 0) is 37.1 Å². The molecule has 0 fully saturated rings. The lowest BCUT2D eigenvalue weighted by atomic mass is 10.1. The molecule has 0 aliphatic carbocycles. The van der Waals surface area contributed by atoms with E-state index in [1.807, 2.05) is 19.9 Å².